The smallest absolute Gasteiger partial charge is 0.318 e. The number of nitrogens with zero attached hydrogens (tertiary/aromatic N) is 1. The summed E-state index contributed by atoms with van der Waals surface area (Å²) in [6.45, 7) is 2.06. The molecular formula is C15H19N5O2. The van der Waals surface area contributed by atoms with Gasteiger partial charge in [-0.15, -0.1) is 0 Å². The maximum absolute atomic E-state index is 12.1. The summed E-state index contributed by atoms with van der Waals surface area (Å²) >= 11 is 0. The van der Waals surface area contributed by atoms with Crippen LogP contribution in [0, 0.1) is 0 Å². The Morgan fingerprint density at radius 3 is 2.59 bits per heavy atom. The molecule has 0 radical (unpaired) electrons. The highest BCUT2D eigenvalue weighted by molar-refractivity contribution is 6.03. The van der Waals surface area contributed by atoms with Crippen LogP contribution >= 0.6 is 0 Å². The Bertz CT molecular complexity index is 665. The molecule has 0 aliphatic heterocycles. The van der Waals surface area contributed by atoms with Gasteiger partial charge < -0.3 is 16.0 Å². The lowest BCUT2D eigenvalue weighted by Gasteiger charge is -2.07. The van der Waals surface area contributed by atoms with Gasteiger partial charge in [-0.1, -0.05) is 19.4 Å². The molecule has 7 nitrogen and oxygen atoms in total. The molecule has 3 amide bonds. The molecule has 1 aromatic carbocycles. The van der Waals surface area contributed by atoms with Gasteiger partial charge in [0.1, 0.15) is 0 Å². The number of rotatable bonds is 5. The number of carbonyl (C=O) groups excluding carboxylic acids is 2. The van der Waals surface area contributed by atoms with Crippen molar-refractivity contribution < 1.29 is 9.59 Å². The molecule has 4 N–H and O–H groups in total. The molecule has 0 saturated carbocycles. The van der Waals surface area contributed by atoms with Crippen molar-refractivity contribution in [1.29, 1.82) is 0 Å². The standard InChI is InChI=1S/C15H19N5O2/c1-3-5-12-9-13(20-19-12)14(21)17-10-6-4-7-11(8-10)18-15(22)16-2/h4,6-9H,3,5H2,1-2H3,(H,17,21)(H,19,20)(H2,16,18,22). The molecule has 0 saturated heterocycles. The lowest BCUT2D eigenvalue weighted by atomic mass is 10.2. The van der Waals surface area contributed by atoms with Crippen LogP contribution in [0.1, 0.15) is 29.5 Å². The first-order valence-electron chi connectivity index (χ1n) is 7.06. The third-order valence-corrected chi connectivity index (χ3v) is 2.99. The molecule has 0 fully saturated rings. The maximum atomic E-state index is 12.1. The number of benzene rings is 1. The van der Waals surface area contributed by atoms with Gasteiger partial charge >= 0.3 is 6.03 Å². The van der Waals surface area contributed by atoms with Crippen molar-refractivity contribution >= 4 is 23.3 Å². The number of aromatic amines is 1. The monoisotopic (exact) mass is 301 g/mol. The second kappa shape index (κ2) is 7.26. The number of anilines is 2. The second-order valence-electron chi connectivity index (χ2n) is 4.77. The van der Waals surface area contributed by atoms with E-state index in [4.69, 9.17) is 0 Å². The van der Waals surface area contributed by atoms with E-state index in [1.54, 1.807) is 30.3 Å². The summed E-state index contributed by atoms with van der Waals surface area (Å²) in [6.07, 6.45) is 1.84. The van der Waals surface area contributed by atoms with Gasteiger partial charge in [0.05, 0.1) is 0 Å². The highest BCUT2D eigenvalue weighted by Crippen LogP contribution is 2.16. The van der Waals surface area contributed by atoms with E-state index in [-0.39, 0.29) is 11.9 Å². The number of hydrogen-bond donors (Lipinski definition) is 4. The Labute approximate surface area is 128 Å². The van der Waals surface area contributed by atoms with Crippen LogP contribution in [0.4, 0.5) is 16.2 Å². The van der Waals surface area contributed by atoms with Gasteiger partial charge in [0.15, 0.2) is 5.69 Å². The van der Waals surface area contributed by atoms with Crippen molar-refractivity contribution in [3.05, 3.63) is 41.7 Å². The summed E-state index contributed by atoms with van der Waals surface area (Å²) in [5, 5.41) is 14.7. The summed E-state index contributed by atoms with van der Waals surface area (Å²) in [4.78, 5) is 23.4. The topological polar surface area (TPSA) is 98.9 Å². The van der Waals surface area contributed by atoms with Gasteiger partial charge in [-0.25, -0.2) is 4.79 Å². The molecule has 0 unspecified atom stereocenters. The van der Waals surface area contributed by atoms with E-state index < -0.39 is 0 Å². The third kappa shape index (κ3) is 4.08. The van der Waals surface area contributed by atoms with Crippen molar-refractivity contribution in [3.8, 4) is 0 Å². The fourth-order valence-electron chi connectivity index (χ4n) is 1.94. The zero-order chi connectivity index (χ0) is 15.9. The van der Waals surface area contributed by atoms with Gasteiger partial charge in [-0.05, 0) is 30.7 Å². The van der Waals surface area contributed by atoms with Crippen LogP contribution < -0.4 is 16.0 Å². The van der Waals surface area contributed by atoms with Crippen molar-refractivity contribution in [3.63, 3.8) is 0 Å². The second-order valence-corrected chi connectivity index (χ2v) is 4.77. The summed E-state index contributed by atoms with van der Waals surface area (Å²) < 4.78 is 0. The Morgan fingerprint density at radius 1 is 1.18 bits per heavy atom. The molecule has 0 aliphatic carbocycles. The van der Waals surface area contributed by atoms with Crippen LogP contribution in [-0.2, 0) is 6.42 Å². The van der Waals surface area contributed by atoms with E-state index in [2.05, 4.69) is 33.1 Å². The zero-order valence-electron chi connectivity index (χ0n) is 12.6. The highest BCUT2D eigenvalue weighted by atomic mass is 16.2. The van der Waals surface area contributed by atoms with E-state index in [0.717, 1.165) is 18.5 Å². The minimum atomic E-state index is -0.319. The summed E-state index contributed by atoms with van der Waals surface area (Å²) in [7, 11) is 1.53. The Balaban J connectivity index is 2.04. The molecule has 0 bridgehead atoms. The molecule has 22 heavy (non-hydrogen) atoms. The summed E-state index contributed by atoms with van der Waals surface area (Å²) in [5.74, 6) is -0.296. The molecule has 0 atom stereocenters. The van der Waals surface area contributed by atoms with E-state index in [0.29, 0.717) is 17.1 Å². The molecule has 116 valence electrons. The number of amides is 3. The molecule has 1 aromatic heterocycles. The Morgan fingerprint density at radius 2 is 1.91 bits per heavy atom. The number of hydrogen-bond acceptors (Lipinski definition) is 3. The van der Waals surface area contributed by atoms with Crippen molar-refractivity contribution in [2.75, 3.05) is 17.7 Å². The lowest BCUT2D eigenvalue weighted by Crippen LogP contribution is -2.24. The molecule has 2 rings (SSSR count). The maximum Gasteiger partial charge on any atom is 0.318 e. The molecular weight excluding hydrogens is 282 g/mol. The van der Waals surface area contributed by atoms with Crippen LogP contribution in [0.3, 0.4) is 0 Å². The van der Waals surface area contributed by atoms with Gasteiger partial charge in [0, 0.05) is 24.1 Å². The first kappa shape index (κ1) is 15.6. The van der Waals surface area contributed by atoms with E-state index >= 15 is 0 Å². The minimum absolute atomic E-state index is 0.296. The lowest BCUT2D eigenvalue weighted by molar-refractivity contribution is 0.102. The fourth-order valence-corrected chi connectivity index (χ4v) is 1.94. The minimum Gasteiger partial charge on any atom is -0.341 e. The predicted molar refractivity (Wildman–Crippen MR) is 85.1 cm³/mol. The molecule has 7 heteroatoms. The first-order chi connectivity index (χ1) is 10.6. The summed E-state index contributed by atoms with van der Waals surface area (Å²) in [5.41, 5.74) is 2.44. The average molecular weight is 301 g/mol. The normalized spacial score (nSPS) is 10.1. The van der Waals surface area contributed by atoms with Crippen molar-refractivity contribution in [2.24, 2.45) is 0 Å². The van der Waals surface area contributed by atoms with Gasteiger partial charge in [-0.3, -0.25) is 9.89 Å². The first-order valence-corrected chi connectivity index (χ1v) is 7.06. The van der Waals surface area contributed by atoms with Gasteiger partial charge in [0.2, 0.25) is 0 Å². The van der Waals surface area contributed by atoms with Gasteiger partial charge in [-0.2, -0.15) is 5.10 Å². The fraction of sp³-hybridized carbons (Fsp3) is 0.267. The average Bonchev–Trinajstić information content (AvgIpc) is 2.96. The van der Waals surface area contributed by atoms with E-state index in [1.807, 2.05) is 0 Å². The molecule has 0 spiro atoms. The Hall–Kier alpha value is -2.83. The number of H-pyrrole nitrogens is 1. The van der Waals surface area contributed by atoms with Crippen LogP contribution in [0.25, 0.3) is 0 Å². The van der Waals surface area contributed by atoms with Crippen LogP contribution in [-0.4, -0.2) is 29.2 Å². The quantitative estimate of drug-likeness (QED) is 0.682. The number of aromatic nitrogens is 2. The van der Waals surface area contributed by atoms with E-state index in [1.165, 1.54) is 7.05 Å². The zero-order valence-corrected chi connectivity index (χ0v) is 12.6. The molecule has 0 aliphatic rings. The third-order valence-electron chi connectivity index (χ3n) is 2.99. The number of aryl methyl sites for hydroxylation is 1. The van der Waals surface area contributed by atoms with Gasteiger partial charge in [0.25, 0.3) is 5.91 Å². The number of nitrogens with one attached hydrogen (secondary N) is 4. The predicted octanol–water partition coefficient (Wildman–Crippen LogP) is 2.37. The van der Waals surface area contributed by atoms with Crippen molar-refractivity contribution in [2.45, 2.75) is 19.8 Å². The largest absolute Gasteiger partial charge is 0.341 e. The van der Waals surface area contributed by atoms with E-state index in [9.17, 15) is 9.59 Å². The van der Waals surface area contributed by atoms with Crippen LogP contribution in [0.15, 0.2) is 30.3 Å². The summed E-state index contributed by atoms with van der Waals surface area (Å²) in [6, 6.07) is 8.32. The number of carbonyl (C=O) groups is 2. The Kier molecular flexibility index (Phi) is 5.13. The van der Waals surface area contributed by atoms with Crippen LogP contribution in [0.2, 0.25) is 0 Å². The number of urea groups is 1. The highest BCUT2D eigenvalue weighted by Gasteiger charge is 2.11. The van der Waals surface area contributed by atoms with Crippen LogP contribution in [0.5, 0.6) is 0 Å². The van der Waals surface area contributed by atoms with Crippen molar-refractivity contribution in [1.82, 2.24) is 15.5 Å². The molecule has 2 aromatic rings. The SMILES string of the molecule is CCCc1cc(C(=O)Nc2cccc(NC(=O)NC)c2)n[nH]1. The molecule has 1 heterocycles.